The van der Waals surface area contributed by atoms with E-state index in [1.807, 2.05) is 12.1 Å². The molecule has 2 N–H and O–H groups in total. The van der Waals surface area contributed by atoms with Crippen molar-refractivity contribution in [3.05, 3.63) is 29.0 Å². The van der Waals surface area contributed by atoms with Gasteiger partial charge in [-0.15, -0.1) is 0 Å². The van der Waals surface area contributed by atoms with Crippen LogP contribution >= 0.6 is 11.6 Å². The number of rotatable bonds is 1. The van der Waals surface area contributed by atoms with Crippen LogP contribution in [0.25, 0.3) is 10.9 Å². The molecule has 0 saturated heterocycles. The first-order valence-electron chi connectivity index (χ1n) is 4.53. The Morgan fingerprint density at radius 3 is 2.93 bits per heavy atom. The summed E-state index contributed by atoms with van der Waals surface area (Å²) in [5.74, 6) is 0.773. The third-order valence-electron chi connectivity index (χ3n) is 2.68. The van der Waals surface area contributed by atoms with Crippen LogP contribution in [0.1, 0.15) is 18.6 Å². The molecule has 0 radical (unpaired) electrons. The molecule has 0 atom stereocenters. The largest absolute Gasteiger partial charge is 0.358 e. The van der Waals surface area contributed by atoms with E-state index in [0.29, 0.717) is 5.02 Å². The fourth-order valence-electron chi connectivity index (χ4n) is 1.63. The van der Waals surface area contributed by atoms with Crippen molar-refractivity contribution in [1.82, 2.24) is 5.16 Å². The quantitative estimate of drug-likeness (QED) is 0.783. The van der Waals surface area contributed by atoms with Crippen molar-refractivity contribution in [2.75, 3.05) is 0 Å². The van der Waals surface area contributed by atoms with Crippen LogP contribution in [-0.4, -0.2) is 5.16 Å². The van der Waals surface area contributed by atoms with Crippen molar-refractivity contribution >= 4 is 22.5 Å². The van der Waals surface area contributed by atoms with Gasteiger partial charge in [0.05, 0.1) is 5.54 Å². The van der Waals surface area contributed by atoms with Crippen LogP contribution in [0.4, 0.5) is 0 Å². The summed E-state index contributed by atoms with van der Waals surface area (Å²) in [5.41, 5.74) is 6.58. The van der Waals surface area contributed by atoms with E-state index < -0.39 is 0 Å². The summed E-state index contributed by atoms with van der Waals surface area (Å²) in [7, 11) is 0. The Hall–Kier alpha value is -1.06. The maximum absolute atomic E-state index is 6.05. The third-order valence-corrected chi connectivity index (χ3v) is 2.91. The van der Waals surface area contributed by atoms with Crippen LogP contribution in [0.3, 0.4) is 0 Å². The molecule has 0 spiro atoms. The van der Waals surface area contributed by atoms with E-state index in [1.165, 1.54) is 0 Å². The molecular weight excluding hydrogens is 200 g/mol. The van der Waals surface area contributed by atoms with Gasteiger partial charge in [-0.05, 0) is 31.0 Å². The van der Waals surface area contributed by atoms with E-state index in [-0.39, 0.29) is 5.54 Å². The molecular formula is C10H9ClN2O. The van der Waals surface area contributed by atoms with E-state index in [2.05, 4.69) is 5.16 Å². The van der Waals surface area contributed by atoms with E-state index in [4.69, 9.17) is 21.9 Å². The van der Waals surface area contributed by atoms with Gasteiger partial charge in [0.15, 0.2) is 5.76 Å². The minimum Gasteiger partial charge on any atom is -0.358 e. The smallest absolute Gasteiger partial charge is 0.164 e. The first kappa shape index (κ1) is 8.26. The van der Waals surface area contributed by atoms with Crippen LogP contribution in [0.2, 0.25) is 5.02 Å². The normalized spacial score (nSPS) is 18.7. The molecule has 1 heterocycles. The van der Waals surface area contributed by atoms with Crippen molar-refractivity contribution < 1.29 is 4.52 Å². The fourth-order valence-corrected chi connectivity index (χ4v) is 1.81. The summed E-state index contributed by atoms with van der Waals surface area (Å²) in [4.78, 5) is 0. The van der Waals surface area contributed by atoms with E-state index in [0.717, 1.165) is 29.5 Å². The Bertz CT molecular complexity index is 502. The highest BCUT2D eigenvalue weighted by Crippen LogP contribution is 2.45. The molecule has 1 aliphatic rings. The van der Waals surface area contributed by atoms with Crippen molar-refractivity contribution in [1.29, 1.82) is 0 Å². The Morgan fingerprint density at radius 2 is 2.21 bits per heavy atom. The summed E-state index contributed by atoms with van der Waals surface area (Å²) in [5, 5.41) is 5.58. The van der Waals surface area contributed by atoms with Crippen LogP contribution in [0.15, 0.2) is 22.7 Å². The molecule has 1 aliphatic carbocycles. The van der Waals surface area contributed by atoms with Gasteiger partial charge in [-0.1, -0.05) is 16.8 Å². The number of aromatic nitrogens is 1. The molecule has 1 aromatic carbocycles. The lowest BCUT2D eigenvalue weighted by Gasteiger charge is -2.02. The average molecular weight is 209 g/mol. The predicted molar refractivity (Wildman–Crippen MR) is 54.1 cm³/mol. The number of halogens is 1. The zero-order chi connectivity index (χ0) is 9.76. The second-order valence-electron chi connectivity index (χ2n) is 3.83. The van der Waals surface area contributed by atoms with E-state index in [9.17, 15) is 0 Å². The number of fused-ring (bicyclic) bond motifs is 1. The van der Waals surface area contributed by atoms with Crippen molar-refractivity contribution in [3.63, 3.8) is 0 Å². The molecule has 14 heavy (non-hydrogen) atoms. The maximum Gasteiger partial charge on any atom is 0.164 e. The second kappa shape index (κ2) is 2.49. The summed E-state index contributed by atoms with van der Waals surface area (Å²) in [6, 6.07) is 5.50. The second-order valence-corrected chi connectivity index (χ2v) is 4.27. The molecule has 72 valence electrons. The first-order chi connectivity index (χ1) is 6.69. The lowest BCUT2D eigenvalue weighted by Crippen LogP contribution is -2.17. The fraction of sp³-hybridized carbons (Fsp3) is 0.300. The van der Waals surface area contributed by atoms with Crippen LogP contribution in [0.5, 0.6) is 0 Å². The number of nitrogens with two attached hydrogens (primary N) is 1. The summed E-state index contributed by atoms with van der Waals surface area (Å²) in [6.07, 6.45) is 1.92. The molecule has 0 amide bonds. The van der Waals surface area contributed by atoms with Gasteiger partial charge >= 0.3 is 0 Å². The van der Waals surface area contributed by atoms with Gasteiger partial charge in [0, 0.05) is 10.4 Å². The molecule has 0 aliphatic heterocycles. The number of benzene rings is 1. The molecule has 0 unspecified atom stereocenters. The summed E-state index contributed by atoms with van der Waals surface area (Å²) < 4.78 is 5.26. The SMILES string of the molecule is NC1(c2onc3ccc(Cl)cc23)CC1. The topological polar surface area (TPSA) is 52.0 Å². The predicted octanol–water partition coefficient (Wildman–Crippen LogP) is 2.43. The van der Waals surface area contributed by atoms with Gasteiger partial charge in [0.2, 0.25) is 0 Å². The molecule has 3 rings (SSSR count). The standard InChI is InChI=1S/C10H9ClN2O/c11-6-1-2-8-7(5-6)9(14-13-8)10(12)3-4-10/h1-2,5H,3-4,12H2. The van der Waals surface area contributed by atoms with Gasteiger partial charge in [-0.2, -0.15) is 0 Å². The van der Waals surface area contributed by atoms with Crippen LogP contribution < -0.4 is 5.73 Å². The molecule has 0 bridgehead atoms. The highest BCUT2D eigenvalue weighted by Gasteiger charge is 2.45. The Balaban J connectivity index is 2.29. The molecule has 1 fully saturated rings. The zero-order valence-electron chi connectivity index (χ0n) is 7.46. The minimum atomic E-state index is -0.292. The van der Waals surface area contributed by atoms with Crippen molar-refractivity contribution in [2.24, 2.45) is 5.73 Å². The average Bonchev–Trinajstić information content (AvgIpc) is 2.77. The van der Waals surface area contributed by atoms with Gasteiger partial charge in [-0.25, -0.2) is 0 Å². The number of hydrogen-bond acceptors (Lipinski definition) is 3. The van der Waals surface area contributed by atoms with Crippen LogP contribution in [0, 0.1) is 0 Å². The Labute approximate surface area is 85.8 Å². The van der Waals surface area contributed by atoms with Gasteiger partial charge in [0.25, 0.3) is 0 Å². The molecule has 1 saturated carbocycles. The third kappa shape index (κ3) is 1.06. The van der Waals surface area contributed by atoms with Crippen molar-refractivity contribution in [2.45, 2.75) is 18.4 Å². The van der Waals surface area contributed by atoms with Gasteiger partial charge in [0.1, 0.15) is 5.52 Å². The lowest BCUT2D eigenvalue weighted by molar-refractivity contribution is 0.362. The highest BCUT2D eigenvalue weighted by molar-refractivity contribution is 6.31. The Morgan fingerprint density at radius 1 is 1.43 bits per heavy atom. The summed E-state index contributed by atoms with van der Waals surface area (Å²) in [6.45, 7) is 0. The number of nitrogens with zero attached hydrogens (tertiary/aromatic N) is 1. The molecule has 4 heteroatoms. The lowest BCUT2D eigenvalue weighted by atomic mass is 10.1. The van der Waals surface area contributed by atoms with E-state index in [1.54, 1.807) is 6.07 Å². The van der Waals surface area contributed by atoms with Crippen LogP contribution in [-0.2, 0) is 5.54 Å². The molecule has 2 aromatic rings. The maximum atomic E-state index is 6.05. The van der Waals surface area contributed by atoms with Gasteiger partial charge in [-0.3, -0.25) is 0 Å². The monoisotopic (exact) mass is 208 g/mol. The minimum absolute atomic E-state index is 0.292. The number of hydrogen-bond donors (Lipinski definition) is 1. The molecule has 1 aromatic heterocycles. The summed E-state index contributed by atoms with van der Waals surface area (Å²) >= 11 is 5.91. The molecule has 3 nitrogen and oxygen atoms in total. The Kier molecular flexibility index (Phi) is 1.47. The van der Waals surface area contributed by atoms with Crippen molar-refractivity contribution in [3.8, 4) is 0 Å². The zero-order valence-corrected chi connectivity index (χ0v) is 8.21. The van der Waals surface area contributed by atoms with Gasteiger partial charge < -0.3 is 10.3 Å². The van der Waals surface area contributed by atoms with E-state index >= 15 is 0 Å². The highest BCUT2D eigenvalue weighted by atomic mass is 35.5. The first-order valence-corrected chi connectivity index (χ1v) is 4.91.